The smallest absolute Gasteiger partial charge is 0.222 e. The van der Waals surface area contributed by atoms with Crippen molar-refractivity contribution in [2.24, 2.45) is 5.92 Å². The van der Waals surface area contributed by atoms with E-state index in [-0.39, 0.29) is 5.91 Å². The zero-order valence-corrected chi connectivity index (χ0v) is 14.6. The van der Waals surface area contributed by atoms with Gasteiger partial charge in [0, 0.05) is 44.6 Å². The van der Waals surface area contributed by atoms with E-state index >= 15 is 0 Å². The summed E-state index contributed by atoms with van der Waals surface area (Å²) in [6, 6.07) is 0.471. The number of aromatic nitrogens is 1. The van der Waals surface area contributed by atoms with Crippen LogP contribution >= 0.6 is 11.3 Å². The van der Waals surface area contributed by atoms with Crippen molar-refractivity contribution >= 4 is 17.2 Å². The van der Waals surface area contributed by atoms with Crippen LogP contribution in [0.1, 0.15) is 43.8 Å². The predicted octanol–water partition coefficient (Wildman–Crippen LogP) is 2.42. The Balaban J connectivity index is 1.85. The molecule has 1 saturated heterocycles. The first-order chi connectivity index (χ1) is 10.7. The number of likely N-dealkylation sites (tertiary alicyclic amines) is 1. The van der Waals surface area contributed by atoms with Crippen molar-refractivity contribution in [3.63, 3.8) is 0 Å². The third kappa shape index (κ3) is 4.51. The van der Waals surface area contributed by atoms with Crippen molar-refractivity contribution in [2.75, 3.05) is 20.2 Å². The number of nitrogens with one attached hydrogen (secondary N) is 1. The number of nitrogens with zero attached hydrogens (tertiary/aromatic N) is 2. The van der Waals surface area contributed by atoms with Gasteiger partial charge >= 0.3 is 0 Å². The van der Waals surface area contributed by atoms with E-state index in [2.05, 4.69) is 22.6 Å². The Hall–Kier alpha value is -0.980. The number of thiazole rings is 1. The number of rotatable bonds is 7. The Bertz CT molecular complexity index is 478. The Labute approximate surface area is 137 Å². The number of amides is 1. The van der Waals surface area contributed by atoms with Crippen LogP contribution in [0, 0.1) is 5.92 Å². The summed E-state index contributed by atoms with van der Waals surface area (Å²) in [5.41, 5.74) is 1.08. The summed E-state index contributed by atoms with van der Waals surface area (Å²) in [4.78, 5) is 18.4. The summed E-state index contributed by atoms with van der Waals surface area (Å²) in [5.74, 6) is 0.807. The maximum atomic E-state index is 11.9. The lowest BCUT2D eigenvalue weighted by atomic mass is 9.89. The molecule has 1 aliphatic heterocycles. The summed E-state index contributed by atoms with van der Waals surface area (Å²) in [6.07, 6.45) is 2.73. The van der Waals surface area contributed by atoms with Crippen LogP contribution < -0.4 is 5.32 Å². The molecule has 2 atom stereocenters. The molecule has 0 aliphatic carbocycles. The van der Waals surface area contributed by atoms with Gasteiger partial charge in [-0.15, -0.1) is 11.3 Å². The molecule has 22 heavy (non-hydrogen) atoms. The van der Waals surface area contributed by atoms with Crippen LogP contribution in [-0.2, 0) is 22.7 Å². The molecule has 0 spiro atoms. The average molecular weight is 325 g/mol. The second-order valence-corrected chi connectivity index (χ2v) is 6.75. The first-order valence-corrected chi connectivity index (χ1v) is 8.99. The number of piperidine rings is 1. The Kier molecular flexibility index (Phi) is 6.79. The van der Waals surface area contributed by atoms with E-state index in [0.717, 1.165) is 43.2 Å². The molecule has 2 rings (SSSR count). The van der Waals surface area contributed by atoms with Gasteiger partial charge in [0.2, 0.25) is 5.91 Å². The van der Waals surface area contributed by atoms with Crippen molar-refractivity contribution in [3.05, 3.63) is 16.1 Å². The second kappa shape index (κ2) is 8.60. The van der Waals surface area contributed by atoms with E-state index in [9.17, 15) is 4.79 Å². The number of carbonyl (C=O) groups excluding carboxylic acids is 1. The van der Waals surface area contributed by atoms with Crippen molar-refractivity contribution < 1.29 is 9.53 Å². The Morgan fingerprint density at radius 2 is 2.36 bits per heavy atom. The van der Waals surface area contributed by atoms with E-state index in [1.54, 1.807) is 18.4 Å². The number of ether oxygens (including phenoxy) is 1. The molecule has 1 aromatic heterocycles. The van der Waals surface area contributed by atoms with E-state index < -0.39 is 0 Å². The molecular formula is C16H27N3O2S. The molecule has 0 bridgehead atoms. The zero-order valence-electron chi connectivity index (χ0n) is 13.8. The van der Waals surface area contributed by atoms with Crippen LogP contribution in [-0.4, -0.2) is 42.0 Å². The molecule has 124 valence electrons. The van der Waals surface area contributed by atoms with Crippen molar-refractivity contribution in [3.8, 4) is 0 Å². The largest absolute Gasteiger partial charge is 0.378 e. The van der Waals surface area contributed by atoms with E-state index in [1.165, 1.54) is 0 Å². The van der Waals surface area contributed by atoms with Gasteiger partial charge in [-0.3, -0.25) is 4.79 Å². The summed E-state index contributed by atoms with van der Waals surface area (Å²) in [6.45, 7) is 7.27. The third-order valence-electron chi connectivity index (χ3n) is 4.33. The van der Waals surface area contributed by atoms with Crippen LogP contribution in [0.15, 0.2) is 5.38 Å². The molecule has 6 heteroatoms. The van der Waals surface area contributed by atoms with Crippen LogP contribution in [0.25, 0.3) is 0 Å². The van der Waals surface area contributed by atoms with Gasteiger partial charge in [0.15, 0.2) is 0 Å². The fourth-order valence-electron chi connectivity index (χ4n) is 3.02. The highest BCUT2D eigenvalue weighted by atomic mass is 32.1. The first-order valence-electron chi connectivity index (χ1n) is 8.11. The van der Waals surface area contributed by atoms with Crippen molar-refractivity contribution in [1.82, 2.24) is 15.2 Å². The van der Waals surface area contributed by atoms with Gasteiger partial charge in [0.05, 0.1) is 12.3 Å². The summed E-state index contributed by atoms with van der Waals surface area (Å²) in [7, 11) is 1.69. The molecule has 1 aromatic rings. The van der Waals surface area contributed by atoms with Crippen LogP contribution in [0.2, 0.25) is 0 Å². The van der Waals surface area contributed by atoms with E-state index in [4.69, 9.17) is 4.74 Å². The lowest BCUT2D eigenvalue weighted by Gasteiger charge is -2.38. The molecule has 0 aromatic carbocycles. The fourth-order valence-corrected chi connectivity index (χ4v) is 3.78. The van der Waals surface area contributed by atoms with Crippen molar-refractivity contribution in [2.45, 2.75) is 52.3 Å². The molecule has 1 amide bonds. The highest BCUT2D eigenvalue weighted by Gasteiger charge is 2.29. The van der Waals surface area contributed by atoms with E-state index in [0.29, 0.717) is 25.0 Å². The quantitative estimate of drug-likeness (QED) is 0.836. The molecule has 0 saturated carbocycles. The minimum absolute atomic E-state index is 0.278. The number of methoxy groups -OCH3 is 1. The van der Waals surface area contributed by atoms with Gasteiger partial charge in [-0.05, 0) is 12.3 Å². The highest BCUT2D eigenvalue weighted by Crippen LogP contribution is 2.21. The topological polar surface area (TPSA) is 54.5 Å². The normalized spacial score (nSPS) is 22.0. The lowest BCUT2D eigenvalue weighted by molar-refractivity contribution is -0.133. The Morgan fingerprint density at radius 3 is 3.05 bits per heavy atom. The Morgan fingerprint density at radius 1 is 1.55 bits per heavy atom. The average Bonchev–Trinajstić information content (AvgIpc) is 3.00. The van der Waals surface area contributed by atoms with Gasteiger partial charge in [-0.2, -0.15) is 0 Å². The maximum Gasteiger partial charge on any atom is 0.222 e. The molecule has 5 nitrogen and oxygen atoms in total. The number of carbonyl (C=O) groups is 1. The third-order valence-corrected chi connectivity index (χ3v) is 5.20. The van der Waals surface area contributed by atoms with Gasteiger partial charge in [-0.1, -0.05) is 20.3 Å². The first kappa shape index (κ1) is 17.4. The summed E-state index contributed by atoms with van der Waals surface area (Å²) >= 11 is 1.65. The predicted molar refractivity (Wildman–Crippen MR) is 88.7 cm³/mol. The zero-order chi connectivity index (χ0) is 15.9. The van der Waals surface area contributed by atoms with Crippen LogP contribution in [0.3, 0.4) is 0 Å². The minimum atomic E-state index is 0.278. The standard InChI is InChI=1S/C16H27N3O2S/c1-4-12-9-19(16(20)5-2)7-6-14(12)17-8-13-11-22-15(18-13)10-21-3/h11-12,14,17H,4-10H2,1-3H3/t12-,14-/m1/s1. The summed E-state index contributed by atoms with van der Waals surface area (Å²) in [5, 5.41) is 6.76. The fraction of sp³-hybridized carbons (Fsp3) is 0.750. The van der Waals surface area contributed by atoms with Gasteiger partial charge < -0.3 is 15.0 Å². The monoisotopic (exact) mass is 325 g/mol. The number of hydrogen-bond donors (Lipinski definition) is 1. The molecule has 1 N–H and O–H groups in total. The number of hydrogen-bond acceptors (Lipinski definition) is 5. The highest BCUT2D eigenvalue weighted by molar-refractivity contribution is 7.09. The van der Waals surface area contributed by atoms with Gasteiger partial charge in [-0.25, -0.2) is 4.98 Å². The SMILES string of the molecule is CCC(=O)N1CC[C@@H](NCc2csc(COC)n2)[C@H](CC)C1. The minimum Gasteiger partial charge on any atom is -0.378 e. The molecule has 0 unspecified atom stereocenters. The second-order valence-electron chi connectivity index (χ2n) is 5.80. The van der Waals surface area contributed by atoms with Crippen molar-refractivity contribution in [1.29, 1.82) is 0 Å². The summed E-state index contributed by atoms with van der Waals surface area (Å²) < 4.78 is 5.11. The van der Waals surface area contributed by atoms with Gasteiger partial charge in [0.25, 0.3) is 0 Å². The van der Waals surface area contributed by atoms with E-state index in [1.807, 2.05) is 11.8 Å². The molecule has 1 aliphatic rings. The molecular weight excluding hydrogens is 298 g/mol. The van der Waals surface area contributed by atoms with Crippen LogP contribution in [0.4, 0.5) is 0 Å². The van der Waals surface area contributed by atoms with Crippen LogP contribution in [0.5, 0.6) is 0 Å². The molecule has 0 radical (unpaired) electrons. The molecule has 2 heterocycles. The van der Waals surface area contributed by atoms with Gasteiger partial charge in [0.1, 0.15) is 5.01 Å². The maximum absolute atomic E-state index is 11.9. The molecule has 1 fully saturated rings. The lowest BCUT2D eigenvalue weighted by Crippen LogP contribution is -2.50.